The molecule has 3 aromatic rings. The number of nitrogens with one attached hydrogen (secondary N) is 1. The molecular formula is C18H20N4O2. The Morgan fingerprint density at radius 1 is 1.12 bits per heavy atom. The van der Waals surface area contributed by atoms with E-state index < -0.39 is 0 Å². The summed E-state index contributed by atoms with van der Waals surface area (Å²) in [6, 6.07) is 8.06. The van der Waals surface area contributed by atoms with Gasteiger partial charge in [0.15, 0.2) is 0 Å². The molecule has 0 atom stereocenters. The van der Waals surface area contributed by atoms with Crippen molar-refractivity contribution in [2.75, 3.05) is 5.32 Å². The molecule has 0 spiro atoms. The van der Waals surface area contributed by atoms with Crippen molar-refractivity contribution in [3.8, 4) is 17.3 Å². The number of aromatic nitrogens is 3. The first-order chi connectivity index (χ1) is 11.6. The molecule has 24 heavy (non-hydrogen) atoms. The van der Waals surface area contributed by atoms with Gasteiger partial charge in [-0.05, 0) is 32.9 Å². The maximum atomic E-state index is 5.54. The number of rotatable bonds is 6. The second-order valence-corrected chi connectivity index (χ2v) is 5.77. The van der Waals surface area contributed by atoms with Crippen molar-refractivity contribution in [1.29, 1.82) is 0 Å². The van der Waals surface area contributed by atoms with Crippen molar-refractivity contribution in [1.82, 2.24) is 15.0 Å². The van der Waals surface area contributed by atoms with Crippen molar-refractivity contribution in [3.05, 3.63) is 54.2 Å². The van der Waals surface area contributed by atoms with Crippen LogP contribution in [0.25, 0.3) is 11.5 Å². The van der Waals surface area contributed by atoms with Crippen molar-refractivity contribution >= 4 is 5.82 Å². The van der Waals surface area contributed by atoms with E-state index in [0.717, 1.165) is 11.3 Å². The second-order valence-electron chi connectivity index (χ2n) is 5.77. The highest BCUT2D eigenvalue weighted by molar-refractivity contribution is 5.53. The molecule has 0 unspecified atom stereocenters. The fourth-order valence-corrected chi connectivity index (χ4v) is 2.13. The van der Waals surface area contributed by atoms with Gasteiger partial charge in [0.1, 0.15) is 12.1 Å². The predicted molar refractivity (Wildman–Crippen MR) is 91.8 cm³/mol. The largest absolute Gasteiger partial charge is 0.474 e. The summed E-state index contributed by atoms with van der Waals surface area (Å²) in [5.41, 5.74) is 2.95. The number of hydrogen-bond acceptors (Lipinski definition) is 6. The summed E-state index contributed by atoms with van der Waals surface area (Å²) < 4.78 is 11.1. The first-order valence-electron chi connectivity index (χ1n) is 7.84. The van der Waals surface area contributed by atoms with Gasteiger partial charge in [-0.25, -0.2) is 4.98 Å². The molecule has 1 aromatic carbocycles. The zero-order valence-corrected chi connectivity index (χ0v) is 14.0. The Morgan fingerprint density at radius 2 is 1.92 bits per heavy atom. The Hall–Kier alpha value is -2.89. The third-order valence-electron chi connectivity index (χ3n) is 3.27. The van der Waals surface area contributed by atoms with Gasteiger partial charge < -0.3 is 14.5 Å². The molecule has 1 N–H and O–H groups in total. The summed E-state index contributed by atoms with van der Waals surface area (Å²) in [6.45, 7) is 6.44. The van der Waals surface area contributed by atoms with E-state index in [4.69, 9.17) is 9.15 Å². The highest BCUT2D eigenvalue weighted by Crippen LogP contribution is 2.19. The molecule has 0 amide bonds. The summed E-state index contributed by atoms with van der Waals surface area (Å²) in [5, 5.41) is 3.17. The number of hydrogen-bond donors (Lipinski definition) is 1. The summed E-state index contributed by atoms with van der Waals surface area (Å²) in [6.07, 6.45) is 4.94. The lowest BCUT2D eigenvalue weighted by atomic mass is 10.1. The minimum absolute atomic E-state index is 0.0576. The van der Waals surface area contributed by atoms with Crippen LogP contribution in [0, 0.1) is 6.92 Å². The summed E-state index contributed by atoms with van der Waals surface area (Å²) in [4.78, 5) is 13.0. The minimum Gasteiger partial charge on any atom is -0.474 e. The Bertz CT molecular complexity index is 797. The van der Waals surface area contributed by atoms with Crippen LogP contribution >= 0.6 is 0 Å². The average Bonchev–Trinajstić information content (AvgIpc) is 3.02. The topological polar surface area (TPSA) is 73.1 Å². The maximum Gasteiger partial charge on any atom is 0.234 e. The standard InChI is InChI=1S/C18H20N4O2/c1-12(2)24-17-10-19-9-16(22-17)20-8-15-11-23-18(21-15)14-6-4-13(3)5-7-14/h4-7,9-12H,8H2,1-3H3,(H,20,22). The lowest BCUT2D eigenvalue weighted by molar-refractivity contribution is 0.232. The molecule has 0 radical (unpaired) electrons. The number of benzene rings is 1. The molecule has 0 fully saturated rings. The average molecular weight is 324 g/mol. The second kappa shape index (κ2) is 7.12. The molecule has 0 saturated carbocycles. The van der Waals surface area contributed by atoms with E-state index >= 15 is 0 Å². The molecule has 2 heterocycles. The highest BCUT2D eigenvalue weighted by Gasteiger charge is 2.07. The molecule has 0 aliphatic carbocycles. The molecule has 6 heteroatoms. The molecule has 3 rings (SSSR count). The molecule has 0 aliphatic heterocycles. The van der Waals surface area contributed by atoms with E-state index in [1.165, 1.54) is 5.56 Å². The van der Waals surface area contributed by atoms with Crippen LogP contribution in [0.1, 0.15) is 25.1 Å². The van der Waals surface area contributed by atoms with E-state index in [-0.39, 0.29) is 6.10 Å². The van der Waals surface area contributed by atoms with Crippen LogP contribution in [0.3, 0.4) is 0 Å². The van der Waals surface area contributed by atoms with Crippen molar-refractivity contribution in [2.24, 2.45) is 0 Å². The fourth-order valence-electron chi connectivity index (χ4n) is 2.13. The van der Waals surface area contributed by atoms with E-state index in [0.29, 0.717) is 24.1 Å². The van der Waals surface area contributed by atoms with Gasteiger partial charge in [-0.2, -0.15) is 4.98 Å². The smallest absolute Gasteiger partial charge is 0.234 e. The van der Waals surface area contributed by atoms with Gasteiger partial charge in [0.25, 0.3) is 0 Å². The monoisotopic (exact) mass is 324 g/mol. The van der Waals surface area contributed by atoms with Crippen LogP contribution in [-0.2, 0) is 6.54 Å². The molecule has 0 aliphatic rings. The van der Waals surface area contributed by atoms with Crippen molar-refractivity contribution in [2.45, 2.75) is 33.4 Å². The molecule has 124 valence electrons. The molecular weight excluding hydrogens is 304 g/mol. The lowest BCUT2D eigenvalue weighted by Gasteiger charge is -2.09. The van der Waals surface area contributed by atoms with Crippen LogP contribution in [0.2, 0.25) is 0 Å². The first kappa shape index (κ1) is 16.0. The van der Waals surface area contributed by atoms with Gasteiger partial charge in [-0.15, -0.1) is 0 Å². The van der Waals surface area contributed by atoms with E-state index in [1.807, 2.05) is 45.0 Å². The van der Waals surface area contributed by atoms with Gasteiger partial charge in [-0.1, -0.05) is 17.7 Å². The van der Waals surface area contributed by atoms with Crippen molar-refractivity contribution in [3.63, 3.8) is 0 Å². The lowest BCUT2D eigenvalue weighted by Crippen LogP contribution is -2.09. The van der Waals surface area contributed by atoms with Crippen LogP contribution in [0.15, 0.2) is 47.3 Å². The van der Waals surface area contributed by atoms with Crippen LogP contribution in [0.5, 0.6) is 5.88 Å². The van der Waals surface area contributed by atoms with Gasteiger partial charge in [0.05, 0.1) is 30.7 Å². The van der Waals surface area contributed by atoms with E-state index in [1.54, 1.807) is 18.7 Å². The summed E-state index contributed by atoms with van der Waals surface area (Å²) in [7, 11) is 0. The Morgan fingerprint density at radius 3 is 2.67 bits per heavy atom. The molecule has 0 bridgehead atoms. The molecule has 0 saturated heterocycles. The number of ether oxygens (including phenoxy) is 1. The number of anilines is 1. The summed E-state index contributed by atoms with van der Waals surface area (Å²) >= 11 is 0. The number of oxazole rings is 1. The Kier molecular flexibility index (Phi) is 4.74. The molecule has 2 aromatic heterocycles. The predicted octanol–water partition coefficient (Wildman–Crippen LogP) is 3.84. The quantitative estimate of drug-likeness (QED) is 0.742. The van der Waals surface area contributed by atoms with Crippen LogP contribution in [-0.4, -0.2) is 21.1 Å². The van der Waals surface area contributed by atoms with Gasteiger partial charge in [-0.3, -0.25) is 4.98 Å². The zero-order chi connectivity index (χ0) is 16.9. The fraction of sp³-hybridized carbons (Fsp3) is 0.278. The zero-order valence-electron chi connectivity index (χ0n) is 14.0. The third kappa shape index (κ3) is 4.10. The highest BCUT2D eigenvalue weighted by atomic mass is 16.5. The number of nitrogens with zero attached hydrogens (tertiary/aromatic N) is 3. The normalized spacial score (nSPS) is 10.8. The Labute approximate surface area is 140 Å². The van der Waals surface area contributed by atoms with Gasteiger partial charge in [0, 0.05) is 5.56 Å². The molecule has 6 nitrogen and oxygen atoms in total. The minimum atomic E-state index is 0.0576. The third-order valence-corrected chi connectivity index (χ3v) is 3.27. The van der Waals surface area contributed by atoms with Crippen LogP contribution in [0.4, 0.5) is 5.82 Å². The number of aryl methyl sites for hydroxylation is 1. The van der Waals surface area contributed by atoms with Gasteiger partial charge >= 0.3 is 0 Å². The van der Waals surface area contributed by atoms with Crippen molar-refractivity contribution < 1.29 is 9.15 Å². The first-order valence-corrected chi connectivity index (χ1v) is 7.84. The maximum absolute atomic E-state index is 5.54. The SMILES string of the molecule is Cc1ccc(-c2nc(CNc3cncc(OC(C)C)n3)co2)cc1. The Balaban J connectivity index is 1.64. The van der Waals surface area contributed by atoms with Crippen LogP contribution < -0.4 is 10.1 Å². The van der Waals surface area contributed by atoms with E-state index in [9.17, 15) is 0 Å². The van der Waals surface area contributed by atoms with E-state index in [2.05, 4.69) is 20.3 Å². The summed E-state index contributed by atoms with van der Waals surface area (Å²) in [5.74, 6) is 1.73. The van der Waals surface area contributed by atoms with Gasteiger partial charge in [0.2, 0.25) is 11.8 Å².